The molecule has 1 N–H and O–H groups in total. The molecule has 0 fully saturated rings. The fourth-order valence-corrected chi connectivity index (χ4v) is 3.13. The average molecular weight is 478 g/mol. The lowest BCUT2D eigenvalue weighted by atomic mass is 9.97. The Morgan fingerprint density at radius 3 is 2.38 bits per heavy atom. The zero-order chi connectivity index (χ0) is 21.1. The molecule has 0 aliphatic carbocycles. The number of rotatable bonds is 5. The van der Waals surface area contributed by atoms with Crippen molar-refractivity contribution in [2.24, 2.45) is 0 Å². The van der Waals surface area contributed by atoms with Gasteiger partial charge in [0.15, 0.2) is 5.78 Å². The van der Waals surface area contributed by atoms with Crippen LogP contribution in [0.25, 0.3) is 0 Å². The first-order chi connectivity index (χ1) is 13.8. The fraction of sp³-hybridized carbons (Fsp3) is 0. The van der Waals surface area contributed by atoms with Crippen LogP contribution in [0.4, 0.5) is 15.8 Å². The highest BCUT2D eigenvalue weighted by molar-refractivity contribution is 9.10. The lowest BCUT2D eigenvalue weighted by Crippen LogP contribution is -2.17. The van der Waals surface area contributed by atoms with Gasteiger partial charge in [0, 0.05) is 21.7 Å². The van der Waals surface area contributed by atoms with Gasteiger partial charge in [-0.25, -0.2) is 4.39 Å². The van der Waals surface area contributed by atoms with Gasteiger partial charge in [-0.3, -0.25) is 19.7 Å². The van der Waals surface area contributed by atoms with Gasteiger partial charge in [0.05, 0.1) is 16.2 Å². The first-order valence-corrected chi connectivity index (χ1v) is 9.29. The lowest BCUT2D eigenvalue weighted by Gasteiger charge is -2.11. The second kappa shape index (κ2) is 8.50. The maximum Gasteiger partial charge on any atom is 0.288 e. The van der Waals surface area contributed by atoms with E-state index in [1.165, 1.54) is 36.4 Å². The normalized spacial score (nSPS) is 10.4. The van der Waals surface area contributed by atoms with Gasteiger partial charge in [-0.05, 0) is 36.4 Å². The molecule has 3 rings (SSSR count). The smallest absolute Gasteiger partial charge is 0.288 e. The minimum absolute atomic E-state index is 0.00239. The fourth-order valence-electron chi connectivity index (χ4n) is 2.61. The maximum atomic E-state index is 14.0. The number of hydrogen-bond acceptors (Lipinski definition) is 4. The highest BCUT2D eigenvalue weighted by Gasteiger charge is 2.22. The van der Waals surface area contributed by atoms with E-state index in [-0.39, 0.29) is 27.4 Å². The third kappa shape index (κ3) is 4.49. The summed E-state index contributed by atoms with van der Waals surface area (Å²) in [6, 6.07) is 13.7. The number of nitrogens with one attached hydrogen (secondary N) is 1. The molecule has 29 heavy (non-hydrogen) atoms. The Balaban J connectivity index is 1.96. The molecule has 146 valence electrons. The second-order valence-corrected chi connectivity index (χ2v) is 7.20. The third-order valence-electron chi connectivity index (χ3n) is 4.00. The predicted molar refractivity (Wildman–Crippen MR) is 110 cm³/mol. The van der Waals surface area contributed by atoms with Crippen LogP contribution < -0.4 is 5.32 Å². The zero-order valence-corrected chi connectivity index (χ0v) is 16.8. The number of benzene rings is 3. The molecule has 0 atom stereocenters. The van der Waals surface area contributed by atoms with Crippen LogP contribution in [0.15, 0.2) is 65.1 Å². The van der Waals surface area contributed by atoms with Crippen LogP contribution in [0.3, 0.4) is 0 Å². The van der Waals surface area contributed by atoms with Gasteiger partial charge < -0.3 is 5.32 Å². The van der Waals surface area contributed by atoms with Crippen LogP contribution in [0.2, 0.25) is 5.02 Å². The van der Waals surface area contributed by atoms with Crippen LogP contribution in [-0.2, 0) is 0 Å². The van der Waals surface area contributed by atoms with Crippen molar-refractivity contribution in [2.45, 2.75) is 0 Å². The number of nitro benzene ring substituents is 1. The third-order valence-corrected chi connectivity index (χ3v) is 4.81. The molecule has 0 saturated carbocycles. The van der Waals surface area contributed by atoms with E-state index in [0.29, 0.717) is 4.47 Å². The minimum atomic E-state index is -0.700. The molecule has 0 aliphatic heterocycles. The second-order valence-electron chi connectivity index (χ2n) is 5.88. The molecule has 0 aromatic heterocycles. The number of anilines is 1. The molecule has 3 aromatic rings. The number of nitrogens with zero attached hydrogens (tertiary/aromatic N) is 1. The van der Waals surface area contributed by atoms with Gasteiger partial charge in [0.1, 0.15) is 10.8 Å². The summed E-state index contributed by atoms with van der Waals surface area (Å²) < 4.78 is 14.5. The van der Waals surface area contributed by atoms with E-state index < -0.39 is 28.1 Å². The van der Waals surface area contributed by atoms with Crippen LogP contribution in [0.1, 0.15) is 26.3 Å². The number of carbonyl (C=O) groups excluding carboxylic acids is 2. The topological polar surface area (TPSA) is 89.3 Å². The molecule has 9 heteroatoms. The summed E-state index contributed by atoms with van der Waals surface area (Å²) in [6.45, 7) is 0. The molecule has 3 aromatic carbocycles. The van der Waals surface area contributed by atoms with Crippen LogP contribution in [0, 0.1) is 15.9 Å². The Kier molecular flexibility index (Phi) is 6.05. The van der Waals surface area contributed by atoms with E-state index in [0.717, 1.165) is 6.07 Å². The zero-order valence-electron chi connectivity index (χ0n) is 14.5. The Hall–Kier alpha value is -3.10. The molecule has 0 heterocycles. The molecule has 0 spiro atoms. The number of halogens is 3. The minimum Gasteiger partial charge on any atom is -0.319 e. The summed E-state index contributed by atoms with van der Waals surface area (Å²) in [7, 11) is 0. The number of carbonyl (C=O) groups is 2. The van der Waals surface area contributed by atoms with Crippen molar-refractivity contribution >= 4 is 50.6 Å². The summed E-state index contributed by atoms with van der Waals surface area (Å²) >= 11 is 8.91. The van der Waals surface area contributed by atoms with E-state index in [1.807, 2.05) is 0 Å². The molecule has 0 radical (unpaired) electrons. The molecule has 0 bridgehead atoms. The van der Waals surface area contributed by atoms with E-state index in [1.54, 1.807) is 18.2 Å². The van der Waals surface area contributed by atoms with E-state index in [4.69, 9.17) is 11.6 Å². The quantitative estimate of drug-likeness (QED) is 0.293. The Bertz CT molecular complexity index is 1150. The standard InChI is InChI=1S/C20H11BrClFN2O4/c21-12-6-8-17(16(23)10-12)24-20(27)14-4-2-1-3-13(14)19(26)11-5-7-15(22)18(9-11)25(28)29/h1-10H,(H,24,27). The van der Waals surface area contributed by atoms with Gasteiger partial charge in [-0.15, -0.1) is 0 Å². The maximum absolute atomic E-state index is 14.0. The van der Waals surface area contributed by atoms with Crippen molar-refractivity contribution in [1.82, 2.24) is 0 Å². The predicted octanol–water partition coefficient (Wildman–Crippen LogP) is 5.63. The molecular weight excluding hydrogens is 467 g/mol. The van der Waals surface area contributed by atoms with Crippen molar-refractivity contribution in [3.05, 3.63) is 103 Å². The van der Waals surface area contributed by atoms with Gasteiger partial charge in [0.25, 0.3) is 11.6 Å². The first-order valence-electron chi connectivity index (χ1n) is 8.12. The van der Waals surface area contributed by atoms with E-state index in [9.17, 15) is 24.1 Å². The van der Waals surface area contributed by atoms with Gasteiger partial charge >= 0.3 is 0 Å². The van der Waals surface area contributed by atoms with E-state index in [2.05, 4.69) is 21.2 Å². The van der Waals surface area contributed by atoms with Crippen molar-refractivity contribution < 1.29 is 18.9 Å². The summed E-state index contributed by atoms with van der Waals surface area (Å²) in [5.41, 5.74) is -0.466. The highest BCUT2D eigenvalue weighted by atomic mass is 79.9. The molecule has 1 amide bonds. The van der Waals surface area contributed by atoms with Crippen molar-refractivity contribution in [3.63, 3.8) is 0 Å². The Labute approximate surface area is 177 Å². The first kappa shape index (κ1) is 20.6. The summed E-state index contributed by atoms with van der Waals surface area (Å²) in [5.74, 6) is -1.95. The largest absolute Gasteiger partial charge is 0.319 e. The lowest BCUT2D eigenvalue weighted by molar-refractivity contribution is -0.384. The highest BCUT2D eigenvalue weighted by Crippen LogP contribution is 2.27. The van der Waals surface area contributed by atoms with Gasteiger partial charge in [-0.2, -0.15) is 0 Å². The number of ketones is 1. The summed E-state index contributed by atoms with van der Waals surface area (Å²) in [5, 5.41) is 13.4. The van der Waals surface area contributed by atoms with Crippen molar-refractivity contribution in [1.29, 1.82) is 0 Å². The number of nitro groups is 1. The molecule has 0 aliphatic rings. The van der Waals surface area contributed by atoms with Crippen LogP contribution in [-0.4, -0.2) is 16.6 Å². The van der Waals surface area contributed by atoms with E-state index >= 15 is 0 Å². The SMILES string of the molecule is O=C(Nc1ccc(Br)cc1F)c1ccccc1C(=O)c1ccc(Cl)c([N+](=O)[O-])c1. The molecular formula is C20H11BrClFN2O4. The molecule has 0 unspecified atom stereocenters. The Morgan fingerprint density at radius 1 is 1.03 bits per heavy atom. The van der Waals surface area contributed by atoms with Crippen molar-refractivity contribution in [3.8, 4) is 0 Å². The summed E-state index contributed by atoms with van der Waals surface area (Å²) in [6.07, 6.45) is 0. The summed E-state index contributed by atoms with van der Waals surface area (Å²) in [4.78, 5) is 35.9. The van der Waals surface area contributed by atoms with Gasteiger partial charge in [0.2, 0.25) is 0 Å². The van der Waals surface area contributed by atoms with Gasteiger partial charge in [-0.1, -0.05) is 45.7 Å². The number of amides is 1. The monoisotopic (exact) mass is 476 g/mol. The Morgan fingerprint density at radius 2 is 1.72 bits per heavy atom. The van der Waals surface area contributed by atoms with Crippen molar-refractivity contribution in [2.75, 3.05) is 5.32 Å². The number of hydrogen-bond donors (Lipinski definition) is 1. The van der Waals surface area contributed by atoms with Crippen LogP contribution in [0.5, 0.6) is 0 Å². The van der Waals surface area contributed by atoms with Crippen LogP contribution >= 0.6 is 27.5 Å². The molecule has 0 saturated heterocycles. The average Bonchev–Trinajstić information content (AvgIpc) is 2.69. The molecule has 6 nitrogen and oxygen atoms in total.